The average Bonchev–Trinajstić information content (AvgIpc) is 3.03. The minimum Gasteiger partial charge on any atom is -0.459 e. The monoisotopic (exact) mass is 512 g/mol. The number of aryl methyl sites for hydroxylation is 3. The molecule has 5 nitrogen and oxygen atoms in total. The van der Waals surface area contributed by atoms with E-state index in [0.717, 1.165) is 65.4 Å². The summed E-state index contributed by atoms with van der Waals surface area (Å²) in [4.78, 5) is 33.1. The van der Waals surface area contributed by atoms with Crippen molar-refractivity contribution in [3.05, 3.63) is 81.2 Å². The van der Waals surface area contributed by atoms with Crippen LogP contribution in [0.1, 0.15) is 75.4 Å². The fourth-order valence-electron chi connectivity index (χ4n) is 5.09. The van der Waals surface area contributed by atoms with Crippen LogP contribution in [0.5, 0.6) is 0 Å². The number of nitrogens with zero attached hydrogens (tertiary/aromatic N) is 1. The number of thiophene rings is 1. The maximum atomic E-state index is 13.8. The number of ether oxygens (including phenoxy) is 1. The predicted molar refractivity (Wildman–Crippen MR) is 151 cm³/mol. The van der Waals surface area contributed by atoms with Crippen LogP contribution in [0.15, 0.2) is 48.5 Å². The Bertz CT molecular complexity index is 1500. The van der Waals surface area contributed by atoms with Crippen molar-refractivity contribution in [3.8, 4) is 11.3 Å². The van der Waals surface area contributed by atoms with Gasteiger partial charge in [0.1, 0.15) is 5.00 Å². The molecule has 190 valence electrons. The number of hydrogen-bond donors (Lipinski definition) is 1. The first-order chi connectivity index (χ1) is 17.8. The van der Waals surface area contributed by atoms with Crippen LogP contribution in [0.3, 0.4) is 0 Å². The third kappa shape index (κ3) is 5.16. The molecule has 2 heterocycles. The van der Waals surface area contributed by atoms with Crippen LogP contribution in [0.25, 0.3) is 22.2 Å². The second-order valence-corrected chi connectivity index (χ2v) is 11.2. The normalized spacial score (nSPS) is 13.3. The molecule has 0 radical (unpaired) electrons. The molecule has 6 heteroatoms. The zero-order valence-corrected chi connectivity index (χ0v) is 22.6. The van der Waals surface area contributed by atoms with E-state index in [4.69, 9.17) is 9.72 Å². The summed E-state index contributed by atoms with van der Waals surface area (Å²) in [6.45, 7) is 7.82. The van der Waals surface area contributed by atoms with Gasteiger partial charge in [0.05, 0.1) is 28.4 Å². The van der Waals surface area contributed by atoms with Gasteiger partial charge in [0.2, 0.25) is 0 Å². The summed E-state index contributed by atoms with van der Waals surface area (Å²) in [5.74, 6) is -0.611. The number of aromatic nitrogens is 1. The van der Waals surface area contributed by atoms with Gasteiger partial charge in [-0.05, 0) is 76.6 Å². The van der Waals surface area contributed by atoms with Crippen LogP contribution in [0.4, 0.5) is 5.00 Å². The Balaban J connectivity index is 1.59. The first kappa shape index (κ1) is 25.2. The smallest absolute Gasteiger partial charge is 0.341 e. The van der Waals surface area contributed by atoms with E-state index in [2.05, 4.69) is 37.4 Å². The molecule has 5 rings (SSSR count). The number of nitrogens with one attached hydrogen (secondary N) is 1. The molecule has 1 amide bonds. The van der Waals surface area contributed by atoms with Gasteiger partial charge >= 0.3 is 5.97 Å². The number of anilines is 1. The minimum atomic E-state index is -0.361. The molecule has 0 fully saturated rings. The third-order valence-electron chi connectivity index (χ3n) is 6.81. The number of carbonyl (C=O) groups is 2. The Labute approximate surface area is 221 Å². The van der Waals surface area contributed by atoms with Crippen molar-refractivity contribution in [1.29, 1.82) is 0 Å². The second kappa shape index (κ2) is 10.5. The Hall–Kier alpha value is -3.51. The molecule has 0 bridgehead atoms. The molecule has 2 aromatic heterocycles. The summed E-state index contributed by atoms with van der Waals surface area (Å²) in [7, 11) is 0. The Morgan fingerprint density at radius 1 is 1.00 bits per heavy atom. The largest absolute Gasteiger partial charge is 0.459 e. The lowest BCUT2D eigenvalue weighted by atomic mass is 9.99. The fourth-order valence-corrected chi connectivity index (χ4v) is 6.36. The Morgan fingerprint density at radius 2 is 1.78 bits per heavy atom. The molecule has 1 aliphatic carbocycles. The Kier molecular flexibility index (Phi) is 7.11. The third-order valence-corrected chi connectivity index (χ3v) is 8.02. The van der Waals surface area contributed by atoms with Gasteiger partial charge < -0.3 is 10.1 Å². The molecule has 2 aromatic carbocycles. The molecule has 0 unspecified atom stereocenters. The van der Waals surface area contributed by atoms with E-state index in [1.165, 1.54) is 21.8 Å². The number of pyridine rings is 1. The highest BCUT2D eigenvalue weighted by molar-refractivity contribution is 7.17. The van der Waals surface area contributed by atoms with Crippen LogP contribution in [-0.4, -0.2) is 23.0 Å². The van der Waals surface area contributed by atoms with Crippen LogP contribution >= 0.6 is 11.3 Å². The fraction of sp³-hybridized carbons (Fsp3) is 0.323. The van der Waals surface area contributed by atoms with Gasteiger partial charge in [-0.15, -0.1) is 11.3 Å². The van der Waals surface area contributed by atoms with Crippen molar-refractivity contribution in [3.63, 3.8) is 0 Å². The highest BCUT2D eigenvalue weighted by Crippen LogP contribution is 2.39. The highest BCUT2D eigenvalue weighted by Gasteiger charge is 2.28. The van der Waals surface area contributed by atoms with Gasteiger partial charge in [0.15, 0.2) is 0 Å². The number of rotatable bonds is 5. The number of hydrogen-bond acceptors (Lipinski definition) is 5. The number of para-hydroxylation sites is 1. The first-order valence-corrected chi connectivity index (χ1v) is 13.8. The van der Waals surface area contributed by atoms with Gasteiger partial charge in [0, 0.05) is 15.8 Å². The van der Waals surface area contributed by atoms with Gasteiger partial charge in [0.25, 0.3) is 5.91 Å². The van der Waals surface area contributed by atoms with Crippen LogP contribution in [-0.2, 0) is 17.6 Å². The lowest BCUT2D eigenvalue weighted by molar-refractivity contribution is 0.0378. The number of carbonyl (C=O) groups excluding carboxylic acids is 2. The summed E-state index contributed by atoms with van der Waals surface area (Å²) >= 11 is 1.52. The van der Waals surface area contributed by atoms with Crippen molar-refractivity contribution < 1.29 is 14.3 Å². The summed E-state index contributed by atoms with van der Waals surface area (Å²) in [5, 5.41) is 4.46. The number of benzene rings is 2. The topological polar surface area (TPSA) is 68.3 Å². The van der Waals surface area contributed by atoms with Crippen LogP contribution < -0.4 is 5.32 Å². The molecule has 0 saturated carbocycles. The van der Waals surface area contributed by atoms with Crippen molar-refractivity contribution in [2.24, 2.45) is 0 Å². The molecular formula is C31H32N2O3S. The average molecular weight is 513 g/mol. The van der Waals surface area contributed by atoms with Crippen molar-refractivity contribution in [2.45, 2.75) is 65.9 Å². The van der Waals surface area contributed by atoms with Crippen LogP contribution in [0.2, 0.25) is 0 Å². The summed E-state index contributed by atoms with van der Waals surface area (Å²) in [6.07, 6.45) is 4.79. The molecule has 0 aliphatic heterocycles. The number of fused-ring (bicyclic) bond motifs is 2. The van der Waals surface area contributed by atoms with Crippen molar-refractivity contribution in [2.75, 3.05) is 5.32 Å². The zero-order chi connectivity index (χ0) is 26.1. The molecule has 1 aliphatic rings. The maximum Gasteiger partial charge on any atom is 0.341 e. The van der Waals surface area contributed by atoms with Crippen LogP contribution in [0, 0.1) is 13.8 Å². The summed E-state index contributed by atoms with van der Waals surface area (Å²) in [5.41, 5.74) is 6.89. The minimum absolute atomic E-state index is 0.234. The standard InChI is InChI=1S/C31H32N2O3S/c1-18(2)36-31(35)28-23-11-6-5-7-13-27(23)37-30(28)33-29(34)24-17-26(21-15-14-19(3)16-20(21)4)32-25-12-9-8-10-22(24)25/h8-10,12,14-18H,5-7,11,13H2,1-4H3,(H,33,34). The maximum absolute atomic E-state index is 13.8. The molecule has 0 atom stereocenters. The molecule has 4 aromatic rings. The second-order valence-electron chi connectivity index (χ2n) is 10.1. The lowest BCUT2D eigenvalue weighted by Gasteiger charge is -2.13. The van der Waals surface area contributed by atoms with E-state index in [1.807, 2.05) is 44.2 Å². The molecular weight excluding hydrogens is 480 g/mol. The predicted octanol–water partition coefficient (Wildman–Crippen LogP) is 7.67. The summed E-state index contributed by atoms with van der Waals surface area (Å²) < 4.78 is 5.61. The van der Waals surface area contributed by atoms with E-state index in [-0.39, 0.29) is 18.0 Å². The molecule has 1 N–H and O–H groups in total. The van der Waals surface area contributed by atoms with E-state index in [1.54, 1.807) is 0 Å². The molecule has 37 heavy (non-hydrogen) atoms. The Morgan fingerprint density at radius 3 is 2.57 bits per heavy atom. The van der Waals surface area contributed by atoms with Crippen molar-refractivity contribution in [1.82, 2.24) is 4.98 Å². The number of amides is 1. The SMILES string of the molecule is Cc1ccc(-c2cc(C(=O)Nc3sc4c(c3C(=O)OC(C)C)CCCCC4)c3ccccc3n2)c(C)c1. The number of esters is 1. The molecule has 0 saturated heterocycles. The lowest BCUT2D eigenvalue weighted by Crippen LogP contribution is -2.18. The quantitative estimate of drug-likeness (QED) is 0.220. The van der Waals surface area contributed by atoms with Gasteiger partial charge in [-0.25, -0.2) is 9.78 Å². The highest BCUT2D eigenvalue weighted by atomic mass is 32.1. The van der Waals surface area contributed by atoms with E-state index in [9.17, 15) is 9.59 Å². The van der Waals surface area contributed by atoms with E-state index < -0.39 is 0 Å². The molecule has 0 spiro atoms. The van der Waals surface area contributed by atoms with Crippen molar-refractivity contribution >= 4 is 39.1 Å². The zero-order valence-electron chi connectivity index (χ0n) is 21.8. The van der Waals surface area contributed by atoms with E-state index >= 15 is 0 Å². The van der Waals surface area contributed by atoms with Gasteiger partial charge in [-0.2, -0.15) is 0 Å². The first-order valence-electron chi connectivity index (χ1n) is 13.0. The summed E-state index contributed by atoms with van der Waals surface area (Å²) in [6, 6.07) is 15.8. The van der Waals surface area contributed by atoms with Gasteiger partial charge in [-0.1, -0.05) is 48.4 Å². The van der Waals surface area contributed by atoms with Gasteiger partial charge in [-0.3, -0.25) is 4.79 Å². The van der Waals surface area contributed by atoms with E-state index in [0.29, 0.717) is 16.1 Å².